The van der Waals surface area contributed by atoms with Gasteiger partial charge in [0.05, 0.1) is 5.71 Å². The zero-order valence-corrected chi connectivity index (χ0v) is 11.4. The summed E-state index contributed by atoms with van der Waals surface area (Å²) >= 11 is 0. The number of rotatable bonds is 2. The second-order valence-electron chi connectivity index (χ2n) is 5.49. The van der Waals surface area contributed by atoms with E-state index in [0.29, 0.717) is 6.04 Å². The van der Waals surface area contributed by atoms with Crippen LogP contribution in [0.5, 0.6) is 0 Å². The van der Waals surface area contributed by atoms with Gasteiger partial charge in [-0.1, -0.05) is 35.5 Å². The highest BCUT2D eigenvalue weighted by molar-refractivity contribution is 5.95. The largest absolute Gasteiger partial charge is 0.411 e. The van der Waals surface area contributed by atoms with Crippen molar-refractivity contribution in [3.63, 3.8) is 0 Å². The van der Waals surface area contributed by atoms with Crippen molar-refractivity contribution in [1.29, 1.82) is 0 Å². The molecule has 1 saturated carbocycles. The van der Waals surface area contributed by atoms with Crippen LogP contribution < -0.4 is 0 Å². The summed E-state index contributed by atoms with van der Waals surface area (Å²) < 4.78 is 0. The highest BCUT2D eigenvalue weighted by atomic mass is 16.4. The van der Waals surface area contributed by atoms with Crippen molar-refractivity contribution < 1.29 is 5.21 Å². The van der Waals surface area contributed by atoms with Crippen LogP contribution >= 0.6 is 0 Å². The first-order valence-electron chi connectivity index (χ1n) is 6.54. The van der Waals surface area contributed by atoms with E-state index in [1.165, 1.54) is 5.56 Å². The van der Waals surface area contributed by atoms with Gasteiger partial charge in [0.2, 0.25) is 0 Å². The fourth-order valence-electron chi connectivity index (χ4n) is 3.28. The third-order valence-corrected chi connectivity index (χ3v) is 4.27. The van der Waals surface area contributed by atoms with E-state index in [2.05, 4.69) is 55.3 Å². The summed E-state index contributed by atoms with van der Waals surface area (Å²) in [5, 5.41) is 13.0. The number of benzene rings is 1. The lowest BCUT2D eigenvalue weighted by Gasteiger charge is -2.45. The van der Waals surface area contributed by atoms with Gasteiger partial charge in [-0.25, -0.2) is 0 Å². The fourth-order valence-corrected chi connectivity index (χ4v) is 3.28. The van der Waals surface area contributed by atoms with Gasteiger partial charge in [-0.2, -0.15) is 0 Å². The average Bonchev–Trinajstić information content (AvgIpc) is 2.39. The first-order chi connectivity index (χ1) is 8.60. The Morgan fingerprint density at radius 3 is 2.50 bits per heavy atom. The fraction of sp³-hybridized carbons (Fsp3) is 0.533. The van der Waals surface area contributed by atoms with Crippen LogP contribution in [0.15, 0.2) is 35.5 Å². The molecule has 2 rings (SSSR count). The maximum atomic E-state index is 9.36. The van der Waals surface area contributed by atoms with Crippen LogP contribution in [0, 0.1) is 0 Å². The van der Waals surface area contributed by atoms with E-state index in [9.17, 15) is 5.21 Å². The predicted molar refractivity (Wildman–Crippen MR) is 74.3 cm³/mol. The highest BCUT2D eigenvalue weighted by Crippen LogP contribution is 2.39. The normalized spacial score (nSPS) is 30.9. The summed E-state index contributed by atoms with van der Waals surface area (Å²) in [4.78, 5) is 2.25. The minimum atomic E-state index is -0.197. The second-order valence-corrected chi connectivity index (χ2v) is 5.49. The van der Waals surface area contributed by atoms with Gasteiger partial charge in [-0.3, -0.25) is 0 Å². The minimum Gasteiger partial charge on any atom is -0.411 e. The number of nitrogens with zero attached hydrogens (tertiary/aromatic N) is 2. The Kier molecular flexibility index (Phi) is 3.71. The number of oxime groups is 1. The van der Waals surface area contributed by atoms with E-state index in [0.717, 1.165) is 25.0 Å². The van der Waals surface area contributed by atoms with Crippen molar-refractivity contribution in [2.24, 2.45) is 5.16 Å². The van der Waals surface area contributed by atoms with Crippen molar-refractivity contribution in [1.82, 2.24) is 4.90 Å². The molecule has 1 aliphatic carbocycles. The average molecular weight is 246 g/mol. The van der Waals surface area contributed by atoms with Crippen LogP contribution in [0.3, 0.4) is 0 Å². The summed E-state index contributed by atoms with van der Waals surface area (Å²) in [6, 6.07) is 10.8. The van der Waals surface area contributed by atoms with E-state index in [1.807, 2.05) is 6.07 Å². The van der Waals surface area contributed by atoms with Crippen LogP contribution in [-0.4, -0.2) is 36.0 Å². The van der Waals surface area contributed by atoms with E-state index in [-0.39, 0.29) is 5.41 Å². The molecule has 0 aromatic heterocycles. The Balaban J connectivity index is 2.51. The lowest BCUT2D eigenvalue weighted by atomic mass is 9.65. The van der Waals surface area contributed by atoms with Crippen LogP contribution in [0.2, 0.25) is 0 Å². The molecule has 0 heterocycles. The number of hydrogen-bond acceptors (Lipinski definition) is 3. The SMILES string of the molecule is CN(C)C1CCCC(=NO)C1(C)c1ccccc1. The second kappa shape index (κ2) is 5.11. The van der Waals surface area contributed by atoms with Crippen LogP contribution in [0.1, 0.15) is 31.7 Å². The number of hydrogen-bond donors (Lipinski definition) is 1. The first-order valence-corrected chi connectivity index (χ1v) is 6.54. The highest BCUT2D eigenvalue weighted by Gasteiger charge is 2.44. The Morgan fingerprint density at radius 2 is 1.94 bits per heavy atom. The van der Waals surface area contributed by atoms with Gasteiger partial charge >= 0.3 is 0 Å². The summed E-state index contributed by atoms with van der Waals surface area (Å²) in [6.45, 7) is 2.20. The van der Waals surface area contributed by atoms with Gasteiger partial charge in [0.25, 0.3) is 0 Å². The molecule has 0 radical (unpaired) electrons. The maximum Gasteiger partial charge on any atom is 0.0689 e. The van der Waals surface area contributed by atoms with Gasteiger partial charge in [0.15, 0.2) is 0 Å². The molecule has 1 aliphatic rings. The van der Waals surface area contributed by atoms with Gasteiger partial charge in [0, 0.05) is 11.5 Å². The molecule has 1 aromatic carbocycles. The molecule has 98 valence electrons. The van der Waals surface area contributed by atoms with E-state index < -0.39 is 0 Å². The molecule has 0 saturated heterocycles. The molecule has 3 nitrogen and oxygen atoms in total. The van der Waals surface area contributed by atoms with Crippen molar-refractivity contribution >= 4 is 5.71 Å². The van der Waals surface area contributed by atoms with Crippen LogP contribution in [0.25, 0.3) is 0 Å². The molecule has 0 amide bonds. The molecule has 1 aromatic rings. The molecule has 3 heteroatoms. The van der Waals surface area contributed by atoms with Crippen molar-refractivity contribution in [3.8, 4) is 0 Å². The molecule has 1 N–H and O–H groups in total. The first kappa shape index (κ1) is 13.1. The topological polar surface area (TPSA) is 35.8 Å². The van der Waals surface area contributed by atoms with E-state index >= 15 is 0 Å². The molecule has 0 aliphatic heterocycles. The third kappa shape index (κ3) is 2.03. The standard InChI is InChI=1S/C15H22N2O/c1-15(12-8-5-4-6-9-12)13(16-18)10-7-11-14(15)17(2)3/h4-6,8-9,14,18H,7,10-11H2,1-3H3. The summed E-state index contributed by atoms with van der Waals surface area (Å²) in [5.41, 5.74) is 1.94. The number of likely N-dealkylation sites (N-methyl/N-ethyl adjacent to an activating group) is 1. The lowest BCUT2D eigenvalue weighted by molar-refractivity contribution is 0.193. The Bertz CT molecular complexity index is 427. The molecule has 0 bridgehead atoms. The molecule has 2 atom stereocenters. The summed E-state index contributed by atoms with van der Waals surface area (Å²) in [6.07, 6.45) is 3.11. The smallest absolute Gasteiger partial charge is 0.0689 e. The van der Waals surface area contributed by atoms with E-state index in [1.54, 1.807) is 0 Å². The monoisotopic (exact) mass is 246 g/mol. The van der Waals surface area contributed by atoms with E-state index in [4.69, 9.17) is 0 Å². The molecular formula is C15H22N2O. The maximum absolute atomic E-state index is 9.36. The van der Waals surface area contributed by atoms with Gasteiger partial charge in [-0.05, 0) is 45.8 Å². The van der Waals surface area contributed by atoms with Gasteiger partial charge in [-0.15, -0.1) is 0 Å². The predicted octanol–water partition coefficient (Wildman–Crippen LogP) is 2.89. The van der Waals surface area contributed by atoms with Crippen LogP contribution in [-0.2, 0) is 5.41 Å². The van der Waals surface area contributed by atoms with Crippen molar-refractivity contribution in [2.45, 2.75) is 37.6 Å². The minimum absolute atomic E-state index is 0.197. The van der Waals surface area contributed by atoms with Crippen LogP contribution in [0.4, 0.5) is 0 Å². The summed E-state index contributed by atoms with van der Waals surface area (Å²) in [7, 11) is 4.21. The summed E-state index contributed by atoms with van der Waals surface area (Å²) in [5.74, 6) is 0. The van der Waals surface area contributed by atoms with Gasteiger partial charge in [0.1, 0.15) is 0 Å². The molecule has 2 unspecified atom stereocenters. The molecule has 1 fully saturated rings. The Morgan fingerprint density at radius 1 is 1.28 bits per heavy atom. The Hall–Kier alpha value is -1.35. The van der Waals surface area contributed by atoms with Gasteiger partial charge < -0.3 is 10.1 Å². The molecule has 18 heavy (non-hydrogen) atoms. The molecule has 0 spiro atoms. The third-order valence-electron chi connectivity index (χ3n) is 4.27. The molecular weight excluding hydrogens is 224 g/mol. The zero-order valence-electron chi connectivity index (χ0n) is 11.4. The lowest BCUT2D eigenvalue weighted by Crippen LogP contribution is -2.53. The van der Waals surface area contributed by atoms with Crippen molar-refractivity contribution in [3.05, 3.63) is 35.9 Å². The quantitative estimate of drug-likeness (QED) is 0.643. The Labute approximate surface area is 109 Å². The zero-order chi connectivity index (χ0) is 13.2. The van der Waals surface area contributed by atoms with Crippen molar-refractivity contribution in [2.75, 3.05) is 14.1 Å².